The van der Waals surface area contributed by atoms with Gasteiger partial charge in [-0.15, -0.1) is 0 Å². The minimum atomic E-state index is 0.353. The molecule has 3 rings (SSSR count). The molecule has 0 saturated heterocycles. The number of nitrogens with one attached hydrogen (secondary N) is 1. The van der Waals surface area contributed by atoms with Crippen molar-refractivity contribution in [2.75, 3.05) is 6.54 Å². The molecule has 2 aliphatic rings. The highest BCUT2D eigenvalue weighted by Crippen LogP contribution is 2.63. The maximum absolute atomic E-state index is 3.86. The third kappa shape index (κ3) is 2.41. The molecule has 0 amide bonds. The van der Waals surface area contributed by atoms with E-state index in [4.69, 9.17) is 0 Å². The second-order valence-corrected chi connectivity index (χ2v) is 7.80. The topological polar surface area (TPSA) is 12.0 Å². The monoisotopic (exact) mass is 271 g/mol. The molecule has 4 atom stereocenters. The summed E-state index contributed by atoms with van der Waals surface area (Å²) in [5, 5.41) is 3.86. The van der Waals surface area contributed by atoms with E-state index in [2.05, 4.69) is 57.3 Å². The molecule has 1 aromatic carbocycles. The van der Waals surface area contributed by atoms with Crippen molar-refractivity contribution in [2.24, 2.45) is 17.3 Å². The van der Waals surface area contributed by atoms with Crippen LogP contribution in [0.15, 0.2) is 24.3 Å². The molecule has 1 fully saturated rings. The van der Waals surface area contributed by atoms with Crippen LogP contribution in [0.5, 0.6) is 0 Å². The molecule has 1 aromatic rings. The Labute approximate surface area is 124 Å². The summed E-state index contributed by atoms with van der Waals surface area (Å²) in [5.41, 5.74) is 3.62. The molecule has 0 bridgehead atoms. The molecule has 1 saturated carbocycles. The van der Waals surface area contributed by atoms with Crippen molar-refractivity contribution in [2.45, 2.75) is 58.9 Å². The van der Waals surface area contributed by atoms with Crippen LogP contribution in [0.4, 0.5) is 0 Å². The standard InChI is InChI=1S/C19H29N/c1-5-12-20-18(19(2,3)4)17-15-11-10-13-8-6-7-9-14(13)16(15)17/h6-9,15-18,20H,5,10-12H2,1-4H3. The zero-order valence-electron chi connectivity index (χ0n) is 13.4. The Kier molecular flexibility index (Phi) is 3.66. The molecule has 1 N–H and O–H groups in total. The van der Waals surface area contributed by atoms with Crippen molar-refractivity contribution >= 4 is 0 Å². The third-order valence-corrected chi connectivity index (χ3v) is 5.32. The van der Waals surface area contributed by atoms with Crippen LogP contribution in [0.1, 0.15) is 57.6 Å². The Morgan fingerprint density at radius 1 is 1.25 bits per heavy atom. The van der Waals surface area contributed by atoms with Gasteiger partial charge in [-0.1, -0.05) is 52.0 Å². The van der Waals surface area contributed by atoms with E-state index in [9.17, 15) is 0 Å². The van der Waals surface area contributed by atoms with Gasteiger partial charge in [0.05, 0.1) is 0 Å². The van der Waals surface area contributed by atoms with Crippen LogP contribution in [0.2, 0.25) is 0 Å². The fourth-order valence-corrected chi connectivity index (χ4v) is 4.39. The number of hydrogen-bond acceptors (Lipinski definition) is 1. The zero-order valence-corrected chi connectivity index (χ0v) is 13.4. The number of benzene rings is 1. The van der Waals surface area contributed by atoms with Gasteiger partial charge in [0.15, 0.2) is 0 Å². The van der Waals surface area contributed by atoms with Gasteiger partial charge in [0.2, 0.25) is 0 Å². The molecule has 4 unspecified atom stereocenters. The van der Waals surface area contributed by atoms with E-state index in [1.54, 1.807) is 11.1 Å². The van der Waals surface area contributed by atoms with Gasteiger partial charge in [0.1, 0.15) is 0 Å². The zero-order chi connectivity index (χ0) is 14.3. The molecule has 0 aliphatic heterocycles. The lowest BCUT2D eigenvalue weighted by molar-refractivity contribution is 0.232. The number of rotatable bonds is 4. The van der Waals surface area contributed by atoms with Gasteiger partial charge in [0.25, 0.3) is 0 Å². The average Bonchev–Trinajstić information content (AvgIpc) is 3.12. The molecular formula is C19H29N. The van der Waals surface area contributed by atoms with E-state index < -0.39 is 0 Å². The lowest BCUT2D eigenvalue weighted by Gasteiger charge is -2.32. The Hall–Kier alpha value is -0.820. The van der Waals surface area contributed by atoms with Crippen molar-refractivity contribution in [1.29, 1.82) is 0 Å². The van der Waals surface area contributed by atoms with Gasteiger partial charge in [0, 0.05) is 6.04 Å². The molecule has 1 heteroatoms. The van der Waals surface area contributed by atoms with Crippen LogP contribution in [-0.4, -0.2) is 12.6 Å². The summed E-state index contributed by atoms with van der Waals surface area (Å²) in [4.78, 5) is 0. The highest BCUT2D eigenvalue weighted by molar-refractivity contribution is 5.40. The van der Waals surface area contributed by atoms with Crippen LogP contribution >= 0.6 is 0 Å². The summed E-state index contributed by atoms with van der Waals surface area (Å²) < 4.78 is 0. The largest absolute Gasteiger partial charge is 0.313 e. The molecule has 110 valence electrons. The molecule has 1 nitrogen and oxygen atoms in total. The van der Waals surface area contributed by atoms with E-state index in [-0.39, 0.29) is 0 Å². The third-order valence-electron chi connectivity index (χ3n) is 5.32. The number of aryl methyl sites for hydroxylation is 1. The van der Waals surface area contributed by atoms with E-state index in [0.717, 1.165) is 24.3 Å². The van der Waals surface area contributed by atoms with E-state index in [1.807, 2.05) is 0 Å². The summed E-state index contributed by atoms with van der Waals surface area (Å²) in [6, 6.07) is 9.80. The SMILES string of the molecule is CCCNC(C1C2CCc3ccccc3C21)C(C)(C)C. The number of hydrogen-bond donors (Lipinski definition) is 1. The van der Waals surface area contributed by atoms with E-state index in [1.165, 1.54) is 19.3 Å². The van der Waals surface area contributed by atoms with E-state index >= 15 is 0 Å². The predicted molar refractivity (Wildman–Crippen MR) is 86.0 cm³/mol. The van der Waals surface area contributed by atoms with Crippen LogP contribution < -0.4 is 5.32 Å². The second kappa shape index (κ2) is 5.18. The lowest BCUT2D eigenvalue weighted by atomic mass is 9.82. The van der Waals surface area contributed by atoms with Gasteiger partial charge < -0.3 is 5.32 Å². The normalized spacial score (nSPS) is 29.5. The Balaban J connectivity index is 1.82. The number of fused-ring (bicyclic) bond motifs is 3. The van der Waals surface area contributed by atoms with Gasteiger partial charge in [-0.25, -0.2) is 0 Å². The molecule has 0 radical (unpaired) electrons. The quantitative estimate of drug-likeness (QED) is 0.857. The second-order valence-electron chi connectivity index (χ2n) is 7.80. The van der Waals surface area contributed by atoms with Crippen LogP contribution in [0.25, 0.3) is 0 Å². The minimum Gasteiger partial charge on any atom is -0.313 e. The van der Waals surface area contributed by atoms with Gasteiger partial charge >= 0.3 is 0 Å². The lowest BCUT2D eigenvalue weighted by Crippen LogP contribution is -2.43. The summed E-state index contributed by atoms with van der Waals surface area (Å²) in [6.07, 6.45) is 3.91. The van der Waals surface area contributed by atoms with Gasteiger partial charge in [-0.3, -0.25) is 0 Å². The maximum Gasteiger partial charge on any atom is 0.0153 e. The average molecular weight is 271 g/mol. The van der Waals surface area contributed by atoms with Crippen molar-refractivity contribution < 1.29 is 0 Å². The van der Waals surface area contributed by atoms with Crippen molar-refractivity contribution in [3.63, 3.8) is 0 Å². The van der Waals surface area contributed by atoms with Crippen molar-refractivity contribution in [1.82, 2.24) is 5.32 Å². The van der Waals surface area contributed by atoms with Crippen LogP contribution in [-0.2, 0) is 6.42 Å². The Morgan fingerprint density at radius 2 is 2.00 bits per heavy atom. The smallest absolute Gasteiger partial charge is 0.0153 e. The van der Waals surface area contributed by atoms with Crippen LogP contribution in [0, 0.1) is 17.3 Å². The van der Waals surface area contributed by atoms with Crippen molar-refractivity contribution in [3.05, 3.63) is 35.4 Å². The first-order valence-electron chi connectivity index (χ1n) is 8.35. The van der Waals surface area contributed by atoms with Gasteiger partial charge in [-0.05, 0) is 60.1 Å². The predicted octanol–water partition coefficient (Wildman–Crippen LogP) is 4.38. The highest BCUT2D eigenvalue weighted by atomic mass is 15.0. The maximum atomic E-state index is 3.86. The molecule has 2 aliphatic carbocycles. The molecular weight excluding hydrogens is 242 g/mol. The summed E-state index contributed by atoms with van der Waals surface area (Å²) in [7, 11) is 0. The molecule has 0 aromatic heterocycles. The van der Waals surface area contributed by atoms with Crippen LogP contribution in [0.3, 0.4) is 0 Å². The van der Waals surface area contributed by atoms with E-state index in [0.29, 0.717) is 11.5 Å². The first kappa shape index (κ1) is 14.1. The summed E-state index contributed by atoms with van der Waals surface area (Å²) in [6.45, 7) is 10.6. The molecule has 20 heavy (non-hydrogen) atoms. The summed E-state index contributed by atoms with van der Waals surface area (Å²) in [5.74, 6) is 2.61. The minimum absolute atomic E-state index is 0.353. The molecule has 0 spiro atoms. The fraction of sp³-hybridized carbons (Fsp3) is 0.684. The first-order chi connectivity index (χ1) is 9.54. The van der Waals surface area contributed by atoms with Crippen molar-refractivity contribution in [3.8, 4) is 0 Å². The Morgan fingerprint density at radius 3 is 2.70 bits per heavy atom. The van der Waals surface area contributed by atoms with Gasteiger partial charge in [-0.2, -0.15) is 0 Å². The summed E-state index contributed by atoms with van der Waals surface area (Å²) >= 11 is 0. The first-order valence-corrected chi connectivity index (χ1v) is 8.35. The fourth-order valence-electron chi connectivity index (χ4n) is 4.39. The molecule has 0 heterocycles. The highest BCUT2D eigenvalue weighted by Gasteiger charge is 2.58. The Bertz CT molecular complexity index is 471.